The monoisotopic (exact) mass is 318 g/mol. The molecule has 1 aliphatic heterocycles. The van der Waals surface area contributed by atoms with Crippen molar-refractivity contribution < 1.29 is 9.90 Å². The van der Waals surface area contributed by atoms with Gasteiger partial charge in [-0.15, -0.1) is 12.4 Å². The van der Waals surface area contributed by atoms with Crippen LogP contribution in [0.15, 0.2) is 24.3 Å². The van der Waals surface area contributed by atoms with Crippen molar-refractivity contribution in [3.05, 3.63) is 34.9 Å². The van der Waals surface area contributed by atoms with Crippen LogP contribution in [-0.4, -0.2) is 41.1 Å². The molecule has 20 heavy (non-hydrogen) atoms. The van der Waals surface area contributed by atoms with Crippen LogP contribution in [0, 0.1) is 0 Å². The number of aliphatic carboxylic acids is 1. The number of carboxylic acid groups (broad SMARTS) is 1. The third-order valence-electron chi connectivity index (χ3n) is 3.51. The average molecular weight is 319 g/mol. The zero-order valence-corrected chi connectivity index (χ0v) is 13.0. The molecular weight excluding hydrogens is 299 g/mol. The number of benzene rings is 1. The largest absolute Gasteiger partial charge is 0.480 e. The molecule has 0 aliphatic carbocycles. The van der Waals surface area contributed by atoms with Gasteiger partial charge in [-0.3, -0.25) is 9.69 Å². The SMILES string of the molecule is CC1(NCC(=O)O)CCN(Cc2cccc(Cl)c2)C1.Cl. The van der Waals surface area contributed by atoms with Crippen molar-refractivity contribution in [3.8, 4) is 0 Å². The highest BCUT2D eigenvalue weighted by atomic mass is 35.5. The highest BCUT2D eigenvalue weighted by molar-refractivity contribution is 6.30. The van der Waals surface area contributed by atoms with Crippen LogP contribution in [0.3, 0.4) is 0 Å². The van der Waals surface area contributed by atoms with Crippen LogP contribution in [0.25, 0.3) is 0 Å². The van der Waals surface area contributed by atoms with Gasteiger partial charge < -0.3 is 10.4 Å². The maximum absolute atomic E-state index is 10.6. The highest BCUT2D eigenvalue weighted by Crippen LogP contribution is 2.23. The topological polar surface area (TPSA) is 52.6 Å². The summed E-state index contributed by atoms with van der Waals surface area (Å²) in [6.45, 7) is 4.77. The number of nitrogens with zero attached hydrogens (tertiary/aromatic N) is 1. The lowest BCUT2D eigenvalue weighted by molar-refractivity contribution is -0.136. The molecule has 1 aliphatic rings. The Kier molecular flexibility index (Phi) is 6.27. The second kappa shape index (κ2) is 7.27. The molecule has 0 radical (unpaired) electrons. The van der Waals surface area contributed by atoms with E-state index in [9.17, 15) is 4.79 Å². The first-order chi connectivity index (χ1) is 8.97. The van der Waals surface area contributed by atoms with Crippen molar-refractivity contribution in [3.63, 3.8) is 0 Å². The van der Waals surface area contributed by atoms with Gasteiger partial charge in [0.1, 0.15) is 0 Å². The first-order valence-electron chi connectivity index (χ1n) is 6.40. The van der Waals surface area contributed by atoms with E-state index in [-0.39, 0.29) is 24.5 Å². The second-order valence-electron chi connectivity index (χ2n) is 5.40. The summed E-state index contributed by atoms with van der Waals surface area (Å²) in [7, 11) is 0. The van der Waals surface area contributed by atoms with E-state index in [0.29, 0.717) is 0 Å². The van der Waals surface area contributed by atoms with Crippen LogP contribution in [0.2, 0.25) is 5.02 Å². The summed E-state index contributed by atoms with van der Waals surface area (Å²) < 4.78 is 0. The third kappa shape index (κ3) is 4.94. The van der Waals surface area contributed by atoms with Gasteiger partial charge in [0, 0.05) is 30.2 Å². The zero-order valence-electron chi connectivity index (χ0n) is 11.4. The van der Waals surface area contributed by atoms with Gasteiger partial charge in [-0.1, -0.05) is 23.7 Å². The van der Waals surface area contributed by atoms with Crippen LogP contribution in [0.1, 0.15) is 18.9 Å². The molecule has 1 aromatic carbocycles. The van der Waals surface area contributed by atoms with Crippen molar-refractivity contribution in [2.75, 3.05) is 19.6 Å². The summed E-state index contributed by atoms with van der Waals surface area (Å²) in [5.74, 6) is -0.811. The van der Waals surface area contributed by atoms with Gasteiger partial charge in [-0.2, -0.15) is 0 Å². The minimum atomic E-state index is -0.811. The first-order valence-corrected chi connectivity index (χ1v) is 6.78. The molecule has 1 saturated heterocycles. The second-order valence-corrected chi connectivity index (χ2v) is 5.83. The molecule has 1 fully saturated rings. The molecule has 0 saturated carbocycles. The van der Waals surface area contributed by atoms with Crippen LogP contribution in [0.5, 0.6) is 0 Å². The van der Waals surface area contributed by atoms with E-state index in [2.05, 4.69) is 23.2 Å². The fraction of sp³-hybridized carbons (Fsp3) is 0.500. The standard InChI is InChI=1S/C14H19ClN2O2.ClH/c1-14(16-8-13(18)19)5-6-17(10-14)9-11-3-2-4-12(15)7-11;/h2-4,7,16H,5-6,8-10H2,1H3,(H,18,19);1H. The normalized spacial score (nSPS) is 22.5. The minimum absolute atomic E-state index is 0. The Morgan fingerprint density at radius 3 is 2.95 bits per heavy atom. The summed E-state index contributed by atoms with van der Waals surface area (Å²) in [4.78, 5) is 12.9. The average Bonchev–Trinajstić information content (AvgIpc) is 2.69. The first kappa shape index (κ1) is 17.2. The zero-order chi connectivity index (χ0) is 13.9. The molecule has 0 aromatic heterocycles. The van der Waals surface area contributed by atoms with Gasteiger partial charge in [0.15, 0.2) is 0 Å². The van der Waals surface area contributed by atoms with Crippen molar-refractivity contribution in [1.29, 1.82) is 0 Å². The number of nitrogens with one attached hydrogen (secondary N) is 1. The van der Waals surface area contributed by atoms with Crippen molar-refractivity contribution in [2.24, 2.45) is 0 Å². The van der Waals surface area contributed by atoms with Gasteiger partial charge >= 0.3 is 5.97 Å². The Balaban J connectivity index is 0.00000200. The highest BCUT2D eigenvalue weighted by Gasteiger charge is 2.33. The van der Waals surface area contributed by atoms with E-state index in [1.165, 1.54) is 5.56 Å². The third-order valence-corrected chi connectivity index (χ3v) is 3.75. The number of likely N-dealkylation sites (tertiary alicyclic amines) is 1. The molecule has 0 amide bonds. The van der Waals surface area contributed by atoms with E-state index in [4.69, 9.17) is 16.7 Å². The molecule has 2 rings (SSSR count). The number of halogens is 2. The van der Waals surface area contributed by atoms with E-state index in [1.54, 1.807) is 0 Å². The molecule has 1 heterocycles. The molecule has 1 aromatic rings. The number of carboxylic acids is 1. The predicted octanol–water partition coefficient (Wildman–Crippen LogP) is 2.40. The molecule has 6 heteroatoms. The number of carbonyl (C=O) groups is 1. The maximum atomic E-state index is 10.6. The molecule has 4 nitrogen and oxygen atoms in total. The predicted molar refractivity (Wildman–Crippen MR) is 82.6 cm³/mol. The molecule has 1 atom stereocenters. The molecular formula is C14H20Cl2N2O2. The van der Waals surface area contributed by atoms with E-state index in [1.807, 2.05) is 18.2 Å². The molecule has 1 unspecified atom stereocenters. The maximum Gasteiger partial charge on any atom is 0.317 e. The Hall–Kier alpha value is -0.810. The smallest absolute Gasteiger partial charge is 0.317 e. The molecule has 2 N–H and O–H groups in total. The summed E-state index contributed by atoms with van der Waals surface area (Å²) >= 11 is 5.97. The molecule has 0 bridgehead atoms. The Morgan fingerprint density at radius 1 is 1.55 bits per heavy atom. The van der Waals surface area contributed by atoms with Crippen LogP contribution >= 0.6 is 24.0 Å². The lowest BCUT2D eigenvalue weighted by Gasteiger charge is -2.25. The van der Waals surface area contributed by atoms with Crippen molar-refractivity contribution in [2.45, 2.75) is 25.4 Å². The van der Waals surface area contributed by atoms with Gasteiger partial charge in [-0.05, 0) is 31.0 Å². The van der Waals surface area contributed by atoms with Gasteiger partial charge in [-0.25, -0.2) is 0 Å². The van der Waals surface area contributed by atoms with Crippen LogP contribution in [0.4, 0.5) is 0 Å². The van der Waals surface area contributed by atoms with Crippen LogP contribution in [-0.2, 0) is 11.3 Å². The lowest BCUT2D eigenvalue weighted by atomic mass is 10.0. The Labute approximate surface area is 130 Å². The molecule has 0 spiro atoms. The summed E-state index contributed by atoms with van der Waals surface area (Å²) in [5.41, 5.74) is 1.08. The van der Waals surface area contributed by atoms with Crippen LogP contribution < -0.4 is 5.32 Å². The number of hydrogen-bond acceptors (Lipinski definition) is 3. The van der Waals surface area contributed by atoms with Gasteiger partial charge in [0.2, 0.25) is 0 Å². The summed E-state index contributed by atoms with van der Waals surface area (Å²) in [6.07, 6.45) is 0.959. The fourth-order valence-electron chi connectivity index (χ4n) is 2.52. The van der Waals surface area contributed by atoms with E-state index in [0.717, 1.165) is 31.1 Å². The Morgan fingerprint density at radius 2 is 2.30 bits per heavy atom. The van der Waals surface area contributed by atoms with Gasteiger partial charge in [0.05, 0.1) is 6.54 Å². The summed E-state index contributed by atoms with van der Waals surface area (Å²) in [5, 5.41) is 12.6. The van der Waals surface area contributed by atoms with E-state index < -0.39 is 5.97 Å². The number of rotatable bonds is 5. The van der Waals surface area contributed by atoms with Gasteiger partial charge in [0.25, 0.3) is 0 Å². The quantitative estimate of drug-likeness (QED) is 0.875. The molecule has 112 valence electrons. The fourth-order valence-corrected chi connectivity index (χ4v) is 2.73. The lowest BCUT2D eigenvalue weighted by Crippen LogP contribution is -2.46. The Bertz CT molecular complexity index is 470. The van der Waals surface area contributed by atoms with Crippen molar-refractivity contribution in [1.82, 2.24) is 10.2 Å². The minimum Gasteiger partial charge on any atom is -0.480 e. The number of hydrogen-bond donors (Lipinski definition) is 2. The summed E-state index contributed by atoms with van der Waals surface area (Å²) in [6, 6.07) is 7.86. The van der Waals surface area contributed by atoms with Crippen molar-refractivity contribution >= 4 is 30.0 Å². The van der Waals surface area contributed by atoms with E-state index >= 15 is 0 Å².